The lowest BCUT2D eigenvalue weighted by Gasteiger charge is -2.36. The summed E-state index contributed by atoms with van der Waals surface area (Å²) in [4.78, 5) is 12.7. The molecule has 0 saturated carbocycles. The molecular formula is C30H35NO6S. The summed E-state index contributed by atoms with van der Waals surface area (Å²) in [6, 6.07) is 18.1. The van der Waals surface area contributed by atoms with Gasteiger partial charge in [0, 0.05) is 36.4 Å². The Morgan fingerprint density at radius 1 is 0.868 bits per heavy atom. The number of carbonyl (C=O) groups is 1. The summed E-state index contributed by atoms with van der Waals surface area (Å²) in [7, 11) is 6.71. The molecule has 1 aliphatic heterocycles. The fourth-order valence-electron chi connectivity index (χ4n) is 4.78. The predicted molar refractivity (Wildman–Crippen MR) is 149 cm³/mol. The third kappa shape index (κ3) is 6.55. The van der Waals surface area contributed by atoms with Gasteiger partial charge in [0.2, 0.25) is 0 Å². The van der Waals surface area contributed by atoms with Crippen molar-refractivity contribution in [1.29, 1.82) is 0 Å². The number of hydrogen-bond acceptors (Lipinski definition) is 8. The molecule has 1 heterocycles. The van der Waals surface area contributed by atoms with E-state index in [1.54, 1.807) is 40.2 Å². The van der Waals surface area contributed by atoms with E-state index < -0.39 is 0 Å². The maximum absolute atomic E-state index is 11.6. The van der Waals surface area contributed by atoms with Crippen LogP contribution in [0.25, 0.3) is 0 Å². The molecule has 0 fully saturated rings. The van der Waals surface area contributed by atoms with Gasteiger partial charge in [-0.1, -0.05) is 24.3 Å². The number of esters is 1. The van der Waals surface area contributed by atoms with Gasteiger partial charge in [0.25, 0.3) is 0 Å². The fraction of sp³-hybridized carbons (Fsp3) is 0.367. The van der Waals surface area contributed by atoms with E-state index in [0.29, 0.717) is 6.42 Å². The molecule has 0 unspecified atom stereocenters. The number of thioether (sulfide) groups is 1. The number of carbonyl (C=O) groups excluding carboxylic acids is 1. The largest absolute Gasteiger partial charge is 0.497 e. The van der Waals surface area contributed by atoms with Crippen LogP contribution in [-0.4, -0.2) is 47.1 Å². The van der Waals surface area contributed by atoms with Gasteiger partial charge in [-0.15, -0.1) is 11.8 Å². The van der Waals surface area contributed by atoms with Gasteiger partial charge >= 0.3 is 5.97 Å². The minimum absolute atomic E-state index is 0.0473. The van der Waals surface area contributed by atoms with Gasteiger partial charge in [0.05, 0.1) is 33.3 Å². The van der Waals surface area contributed by atoms with Crippen LogP contribution in [0.15, 0.2) is 59.5 Å². The lowest BCUT2D eigenvalue weighted by molar-refractivity contribution is -0.141. The summed E-state index contributed by atoms with van der Waals surface area (Å²) < 4.78 is 27.8. The lowest BCUT2D eigenvalue weighted by Crippen LogP contribution is -2.44. The van der Waals surface area contributed by atoms with Crippen LogP contribution >= 0.6 is 11.8 Å². The highest BCUT2D eigenvalue weighted by Crippen LogP contribution is 2.46. The monoisotopic (exact) mass is 537 g/mol. The van der Waals surface area contributed by atoms with E-state index in [9.17, 15) is 4.79 Å². The van der Waals surface area contributed by atoms with Crippen molar-refractivity contribution >= 4 is 17.7 Å². The van der Waals surface area contributed by atoms with Crippen molar-refractivity contribution in [2.75, 3.05) is 35.0 Å². The van der Waals surface area contributed by atoms with Gasteiger partial charge in [0.15, 0.2) is 0 Å². The average Bonchev–Trinajstić information content (AvgIpc) is 2.95. The summed E-state index contributed by atoms with van der Waals surface area (Å²) in [5.74, 6) is 3.68. The van der Waals surface area contributed by atoms with E-state index in [2.05, 4.69) is 29.6 Å². The maximum Gasteiger partial charge on any atom is 0.302 e. The number of nitrogens with one attached hydrogen (secondary N) is 1. The molecular weight excluding hydrogens is 502 g/mol. The third-order valence-electron chi connectivity index (χ3n) is 6.66. The lowest BCUT2D eigenvalue weighted by atomic mass is 9.86. The number of ether oxygens (including phenoxy) is 5. The molecule has 3 aromatic carbocycles. The Morgan fingerprint density at radius 3 is 2.03 bits per heavy atom. The van der Waals surface area contributed by atoms with Crippen LogP contribution in [0.4, 0.5) is 0 Å². The van der Waals surface area contributed by atoms with Gasteiger partial charge in [-0.05, 0) is 53.8 Å². The Hall–Kier alpha value is -3.36. The summed E-state index contributed by atoms with van der Waals surface area (Å²) >= 11 is 1.74. The molecule has 0 amide bonds. The number of benzene rings is 3. The van der Waals surface area contributed by atoms with Gasteiger partial charge < -0.3 is 29.0 Å². The first kappa shape index (κ1) is 27.7. The van der Waals surface area contributed by atoms with E-state index in [1.807, 2.05) is 30.3 Å². The van der Waals surface area contributed by atoms with Gasteiger partial charge in [-0.2, -0.15) is 0 Å². The molecule has 0 saturated heterocycles. The quantitative estimate of drug-likeness (QED) is 0.258. The number of rotatable bonds is 11. The first-order valence-corrected chi connectivity index (χ1v) is 13.5. The van der Waals surface area contributed by atoms with Crippen LogP contribution in [0, 0.1) is 0 Å². The molecule has 3 aromatic rings. The Labute approximate surface area is 228 Å². The fourth-order valence-corrected chi connectivity index (χ4v) is 5.93. The summed E-state index contributed by atoms with van der Waals surface area (Å²) in [5, 5.41) is 3.72. The summed E-state index contributed by atoms with van der Waals surface area (Å²) in [6.07, 6.45) is 1.42. The molecule has 1 aliphatic rings. The molecule has 38 heavy (non-hydrogen) atoms. The first-order chi connectivity index (χ1) is 18.4. The predicted octanol–water partition coefficient (Wildman–Crippen LogP) is 5.37. The van der Waals surface area contributed by atoms with Gasteiger partial charge in [-0.25, -0.2) is 0 Å². The van der Waals surface area contributed by atoms with Gasteiger partial charge in [-0.3, -0.25) is 4.79 Å². The zero-order valence-electron chi connectivity index (χ0n) is 22.5. The van der Waals surface area contributed by atoms with Crippen LogP contribution in [-0.2, 0) is 28.1 Å². The van der Waals surface area contributed by atoms with E-state index in [4.69, 9.17) is 23.7 Å². The third-order valence-corrected chi connectivity index (χ3v) is 7.87. The molecule has 0 aromatic heterocycles. The molecule has 202 valence electrons. The Balaban J connectivity index is 1.72. The second-order valence-corrected chi connectivity index (χ2v) is 10.1. The number of hydrogen-bond donors (Lipinski definition) is 1. The second-order valence-electron chi connectivity index (χ2n) is 9.11. The molecule has 1 N–H and O–H groups in total. The SMILES string of the molecule is COc1ccc(CSc2c(OC)cc(OC)c3c2C[C@@H](COC(C)=O)N[C@H]3Cc2ccc(OC)cc2)cc1. The molecule has 4 rings (SSSR count). The Morgan fingerprint density at radius 2 is 1.47 bits per heavy atom. The minimum atomic E-state index is -0.290. The van der Waals surface area contributed by atoms with E-state index in [1.165, 1.54) is 12.5 Å². The standard InChI is InChI=1S/C30H35NO6S/c1-19(32)37-17-22-15-25-29(26(31-22)14-20-6-10-23(33-2)11-7-20)27(35-4)16-28(36-5)30(25)38-18-21-8-12-24(34-3)13-9-21/h6-13,16,22,26,31H,14-15,17-18H2,1-5H3/t22-,26-/m0/s1. The molecule has 0 aliphatic carbocycles. The topological polar surface area (TPSA) is 75.2 Å². The Kier molecular flexibility index (Phi) is 9.42. The normalized spacial score (nSPS) is 16.3. The highest BCUT2D eigenvalue weighted by Gasteiger charge is 2.33. The Bertz CT molecular complexity index is 1230. The number of fused-ring (bicyclic) bond motifs is 1. The zero-order chi connectivity index (χ0) is 27.1. The van der Waals surface area contributed by atoms with E-state index in [0.717, 1.165) is 56.8 Å². The van der Waals surface area contributed by atoms with Crippen LogP contribution in [0.5, 0.6) is 23.0 Å². The average molecular weight is 538 g/mol. The molecule has 0 radical (unpaired) electrons. The number of methoxy groups -OCH3 is 4. The molecule has 2 atom stereocenters. The van der Waals surface area contributed by atoms with Crippen molar-refractivity contribution in [3.63, 3.8) is 0 Å². The smallest absolute Gasteiger partial charge is 0.302 e. The van der Waals surface area contributed by atoms with Crippen LogP contribution < -0.4 is 24.3 Å². The first-order valence-electron chi connectivity index (χ1n) is 12.5. The van der Waals surface area contributed by atoms with Crippen molar-refractivity contribution in [1.82, 2.24) is 5.32 Å². The van der Waals surface area contributed by atoms with Crippen LogP contribution in [0.2, 0.25) is 0 Å². The maximum atomic E-state index is 11.6. The highest BCUT2D eigenvalue weighted by atomic mass is 32.2. The van der Waals surface area contributed by atoms with Crippen LogP contribution in [0.3, 0.4) is 0 Å². The van der Waals surface area contributed by atoms with E-state index >= 15 is 0 Å². The van der Waals surface area contributed by atoms with Crippen molar-refractivity contribution < 1.29 is 28.5 Å². The molecule has 7 nitrogen and oxygen atoms in total. The highest BCUT2D eigenvalue weighted by molar-refractivity contribution is 7.98. The van der Waals surface area contributed by atoms with E-state index in [-0.39, 0.29) is 24.7 Å². The second kappa shape index (κ2) is 12.9. The summed E-state index contributed by atoms with van der Waals surface area (Å²) in [5.41, 5.74) is 4.62. The molecule has 8 heteroatoms. The molecule has 0 bridgehead atoms. The van der Waals surface area contributed by atoms with Crippen molar-refractivity contribution in [3.8, 4) is 23.0 Å². The summed E-state index contributed by atoms with van der Waals surface area (Å²) in [6.45, 7) is 1.73. The molecule has 0 spiro atoms. The van der Waals surface area contributed by atoms with Crippen molar-refractivity contribution in [2.45, 2.75) is 42.5 Å². The zero-order valence-corrected chi connectivity index (χ0v) is 23.4. The van der Waals surface area contributed by atoms with Crippen molar-refractivity contribution in [2.24, 2.45) is 0 Å². The van der Waals surface area contributed by atoms with Crippen LogP contribution in [0.1, 0.15) is 35.2 Å². The van der Waals surface area contributed by atoms with Crippen molar-refractivity contribution in [3.05, 3.63) is 76.9 Å². The minimum Gasteiger partial charge on any atom is -0.497 e. The van der Waals surface area contributed by atoms with Gasteiger partial charge in [0.1, 0.15) is 29.6 Å².